The number of hydrogen-bond donors (Lipinski definition) is 1. The van der Waals surface area contributed by atoms with Gasteiger partial charge in [-0.05, 0) is 28.8 Å². The molecule has 1 aliphatic heterocycles. The normalized spacial score (nSPS) is 21.4. The summed E-state index contributed by atoms with van der Waals surface area (Å²) in [5.74, 6) is 1.69. The van der Waals surface area contributed by atoms with Crippen molar-refractivity contribution in [2.24, 2.45) is 0 Å². The molecule has 0 atom stereocenters. The largest absolute Gasteiger partial charge is 0.357 e. The average molecular weight is 340 g/mol. The molecule has 0 amide bonds. The lowest BCUT2D eigenvalue weighted by Gasteiger charge is -2.38. The number of halogens is 1. The molecule has 2 aliphatic rings. The van der Waals surface area contributed by atoms with Crippen LogP contribution in [0.2, 0.25) is 0 Å². The number of nitrogens with zero attached hydrogens (tertiary/aromatic N) is 4. The summed E-state index contributed by atoms with van der Waals surface area (Å²) >= 11 is 3.57. The van der Waals surface area contributed by atoms with E-state index >= 15 is 0 Å². The van der Waals surface area contributed by atoms with Gasteiger partial charge in [-0.25, -0.2) is 4.98 Å². The Morgan fingerprint density at radius 1 is 1.20 bits per heavy atom. The van der Waals surface area contributed by atoms with E-state index in [9.17, 15) is 0 Å². The summed E-state index contributed by atoms with van der Waals surface area (Å²) in [4.78, 5) is 13.8. The molecule has 1 N–H and O–H groups in total. The lowest BCUT2D eigenvalue weighted by molar-refractivity contribution is 0.187. The van der Waals surface area contributed by atoms with Gasteiger partial charge >= 0.3 is 0 Å². The van der Waals surface area contributed by atoms with E-state index in [1.54, 1.807) is 0 Å². The predicted molar refractivity (Wildman–Crippen MR) is 85.3 cm³/mol. The minimum atomic E-state index is 0.682. The number of rotatable bonds is 3. The molecule has 5 nitrogen and oxygen atoms in total. The molecule has 1 saturated heterocycles. The van der Waals surface area contributed by atoms with Crippen molar-refractivity contribution >= 4 is 27.7 Å². The van der Waals surface area contributed by atoms with Gasteiger partial charge in [0.15, 0.2) is 0 Å². The highest BCUT2D eigenvalue weighted by Gasteiger charge is 2.27. The van der Waals surface area contributed by atoms with Crippen molar-refractivity contribution in [1.82, 2.24) is 14.9 Å². The van der Waals surface area contributed by atoms with Crippen molar-refractivity contribution in [3.05, 3.63) is 10.7 Å². The van der Waals surface area contributed by atoms with E-state index in [1.165, 1.54) is 25.7 Å². The zero-order valence-electron chi connectivity index (χ0n) is 12.0. The molecule has 2 fully saturated rings. The zero-order valence-corrected chi connectivity index (χ0v) is 13.6. The van der Waals surface area contributed by atoms with E-state index in [1.807, 2.05) is 13.2 Å². The van der Waals surface area contributed by atoms with Crippen LogP contribution < -0.4 is 10.2 Å². The molecule has 1 aliphatic carbocycles. The molecule has 110 valence electrons. The Bertz CT molecular complexity index is 453. The molecule has 20 heavy (non-hydrogen) atoms. The molecule has 0 aromatic carbocycles. The van der Waals surface area contributed by atoms with E-state index < -0.39 is 0 Å². The monoisotopic (exact) mass is 339 g/mol. The van der Waals surface area contributed by atoms with E-state index in [0.29, 0.717) is 5.95 Å². The fourth-order valence-corrected chi connectivity index (χ4v) is 3.71. The predicted octanol–water partition coefficient (Wildman–Crippen LogP) is 2.35. The number of hydrogen-bond acceptors (Lipinski definition) is 5. The molecular formula is C14H22BrN5. The maximum absolute atomic E-state index is 4.58. The van der Waals surface area contributed by atoms with Crippen molar-refractivity contribution in [3.8, 4) is 0 Å². The maximum atomic E-state index is 4.58. The standard InChI is InChI=1S/C14H22BrN5/c1-16-14-17-10-12(15)13(18-14)20-8-6-19(7-9-20)11-4-2-3-5-11/h10-11H,2-9H2,1H3,(H,16,17,18). The van der Waals surface area contributed by atoms with Crippen LogP contribution in [0.25, 0.3) is 0 Å². The van der Waals surface area contributed by atoms with Gasteiger partial charge in [0.05, 0.1) is 4.47 Å². The third-order valence-corrected chi connectivity index (χ3v) is 4.96. The SMILES string of the molecule is CNc1ncc(Br)c(N2CCN(C3CCCC3)CC2)n1. The van der Waals surface area contributed by atoms with Crippen molar-refractivity contribution in [2.75, 3.05) is 43.4 Å². The van der Waals surface area contributed by atoms with Crippen LogP contribution in [-0.2, 0) is 0 Å². The van der Waals surface area contributed by atoms with Crippen molar-refractivity contribution in [2.45, 2.75) is 31.7 Å². The number of piperazine rings is 1. The van der Waals surface area contributed by atoms with Crippen molar-refractivity contribution < 1.29 is 0 Å². The third kappa shape index (κ3) is 2.91. The third-order valence-electron chi connectivity index (χ3n) is 4.40. The average Bonchev–Trinajstić information content (AvgIpc) is 3.02. The molecule has 1 aromatic heterocycles. The van der Waals surface area contributed by atoms with E-state index in [2.05, 4.69) is 41.0 Å². The summed E-state index contributed by atoms with van der Waals surface area (Å²) in [5, 5.41) is 3.01. The molecular weight excluding hydrogens is 318 g/mol. The minimum absolute atomic E-state index is 0.682. The van der Waals surface area contributed by atoms with E-state index in [4.69, 9.17) is 0 Å². The van der Waals surface area contributed by atoms with Crippen LogP contribution in [0.3, 0.4) is 0 Å². The number of aromatic nitrogens is 2. The van der Waals surface area contributed by atoms with Crippen LogP contribution in [0.5, 0.6) is 0 Å². The molecule has 2 heterocycles. The second kappa shape index (κ2) is 6.26. The summed E-state index contributed by atoms with van der Waals surface area (Å²) in [7, 11) is 1.85. The van der Waals surface area contributed by atoms with Crippen LogP contribution in [0.15, 0.2) is 10.7 Å². The Morgan fingerprint density at radius 3 is 2.55 bits per heavy atom. The summed E-state index contributed by atoms with van der Waals surface area (Å²) in [6, 6.07) is 0.832. The Kier molecular flexibility index (Phi) is 4.41. The Hall–Kier alpha value is -0.880. The Morgan fingerprint density at radius 2 is 1.90 bits per heavy atom. The van der Waals surface area contributed by atoms with Gasteiger partial charge in [0, 0.05) is 45.5 Å². The van der Waals surface area contributed by atoms with Gasteiger partial charge in [0.1, 0.15) is 5.82 Å². The second-order valence-electron chi connectivity index (χ2n) is 5.58. The lowest BCUT2D eigenvalue weighted by Crippen LogP contribution is -2.50. The summed E-state index contributed by atoms with van der Waals surface area (Å²) in [6.07, 6.45) is 7.43. The number of nitrogens with one attached hydrogen (secondary N) is 1. The highest BCUT2D eigenvalue weighted by Crippen LogP contribution is 2.28. The summed E-state index contributed by atoms with van der Waals surface area (Å²) in [6.45, 7) is 4.40. The fraction of sp³-hybridized carbons (Fsp3) is 0.714. The van der Waals surface area contributed by atoms with Gasteiger partial charge in [0.2, 0.25) is 5.95 Å². The Labute approximate surface area is 128 Å². The first-order valence-electron chi connectivity index (χ1n) is 7.47. The first-order chi connectivity index (χ1) is 9.78. The van der Waals surface area contributed by atoms with Gasteiger partial charge in [0.25, 0.3) is 0 Å². The van der Waals surface area contributed by atoms with Crippen LogP contribution in [0.4, 0.5) is 11.8 Å². The van der Waals surface area contributed by atoms with E-state index in [-0.39, 0.29) is 0 Å². The lowest BCUT2D eigenvalue weighted by atomic mass is 10.2. The smallest absolute Gasteiger partial charge is 0.224 e. The molecule has 3 rings (SSSR count). The molecule has 6 heteroatoms. The highest BCUT2D eigenvalue weighted by atomic mass is 79.9. The maximum Gasteiger partial charge on any atom is 0.224 e. The van der Waals surface area contributed by atoms with Gasteiger partial charge in [-0.3, -0.25) is 4.90 Å². The molecule has 0 unspecified atom stereocenters. The molecule has 0 bridgehead atoms. The van der Waals surface area contributed by atoms with Crippen LogP contribution in [0.1, 0.15) is 25.7 Å². The second-order valence-corrected chi connectivity index (χ2v) is 6.43. The first kappa shape index (κ1) is 14.1. The highest BCUT2D eigenvalue weighted by molar-refractivity contribution is 9.10. The molecule has 0 radical (unpaired) electrons. The minimum Gasteiger partial charge on any atom is -0.357 e. The molecule has 1 aromatic rings. The zero-order chi connectivity index (χ0) is 13.9. The van der Waals surface area contributed by atoms with Crippen LogP contribution >= 0.6 is 15.9 Å². The summed E-state index contributed by atoms with van der Waals surface area (Å²) in [5.41, 5.74) is 0. The fourth-order valence-electron chi connectivity index (χ4n) is 3.27. The summed E-state index contributed by atoms with van der Waals surface area (Å²) < 4.78 is 0.978. The van der Waals surface area contributed by atoms with Crippen molar-refractivity contribution in [1.29, 1.82) is 0 Å². The molecule has 1 saturated carbocycles. The quantitative estimate of drug-likeness (QED) is 0.915. The van der Waals surface area contributed by atoms with Gasteiger partial charge in [-0.15, -0.1) is 0 Å². The van der Waals surface area contributed by atoms with Gasteiger partial charge in [-0.1, -0.05) is 12.8 Å². The van der Waals surface area contributed by atoms with E-state index in [0.717, 1.165) is 42.5 Å². The number of anilines is 2. The van der Waals surface area contributed by atoms with Gasteiger partial charge in [-0.2, -0.15) is 4.98 Å². The molecule has 0 spiro atoms. The Balaban J connectivity index is 1.65. The van der Waals surface area contributed by atoms with Crippen LogP contribution in [-0.4, -0.2) is 54.1 Å². The van der Waals surface area contributed by atoms with Gasteiger partial charge < -0.3 is 10.2 Å². The van der Waals surface area contributed by atoms with Crippen molar-refractivity contribution in [3.63, 3.8) is 0 Å². The topological polar surface area (TPSA) is 44.3 Å². The first-order valence-corrected chi connectivity index (χ1v) is 8.26. The van der Waals surface area contributed by atoms with Crippen LogP contribution in [0, 0.1) is 0 Å².